The van der Waals surface area contributed by atoms with Crippen LogP contribution < -0.4 is 0 Å². The summed E-state index contributed by atoms with van der Waals surface area (Å²) in [5.74, 6) is 0. The van der Waals surface area contributed by atoms with Crippen LogP contribution in [0.5, 0.6) is 0 Å². The van der Waals surface area contributed by atoms with Gasteiger partial charge in [-0.15, -0.1) is 20.2 Å². The lowest BCUT2D eigenvalue weighted by Gasteiger charge is -2.03. The maximum Gasteiger partial charge on any atom is 0.478 e. The molecule has 0 aliphatic heterocycles. The summed E-state index contributed by atoms with van der Waals surface area (Å²) in [6, 6.07) is 0. The second-order valence-electron chi connectivity index (χ2n) is 1.54. The Bertz CT molecular complexity index is 278. The maximum atomic E-state index is 9.63. The molecule has 0 fully saturated rings. The average molecular weight is 304 g/mol. The highest BCUT2D eigenvalue weighted by Gasteiger charge is 2.27. The minimum atomic E-state index is -5.05. The molecule has 0 radical (unpaired) electrons. The highest BCUT2D eigenvalue weighted by molar-refractivity contribution is 7.60. The van der Waals surface area contributed by atoms with Crippen molar-refractivity contribution in [2.24, 2.45) is 0 Å². The Morgan fingerprint density at radius 3 is 0.941 bits per heavy atom. The van der Waals surface area contributed by atoms with Gasteiger partial charge in [0, 0.05) is 0 Å². The lowest BCUT2D eigenvalue weighted by atomic mass is 13.1. The van der Waals surface area contributed by atoms with Gasteiger partial charge in [0.15, 0.2) is 0 Å². The molecule has 0 aliphatic rings. The van der Waals surface area contributed by atoms with Gasteiger partial charge in [0.05, 0.1) is 0 Å². The minimum absolute atomic E-state index is 1.50. The molecular weight excluding hydrogens is 298 g/mol. The number of phosphoric acid groups is 2. The first-order chi connectivity index (χ1) is 7.17. The van der Waals surface area contributed by atoms with Crippen LogP contribution >= 0.6 is 15.6 Å². The predicted molar refractivity (Wildman–Crippen MR) is 42.7 cm³/mol. The van der Waals surface area contributed by atoms with Crippen LogP contribution in [0.25, 0.3) is 0 Å². The van der Waals surface area contributed by atoms with E-state index in [1.807, 2.05) is 0 Å². The summed E-state index contributed by atoms with van der Waals surface area (Å²) in [4.78, 5) is 47.7. The van der Waals surface area contributed by atoms with Crippen molar-refractivity contribution in [1.82, 2.24) is 0 Å². The van der Waals surface area contributed by atoms with Gasteiger partial charge in [0.2, 0.25) is 0 Å². The molecule has 0 heterocycles. The van der Waals surface area contributed by atoms with Crippen molar-refractivity contribution >= 4 is 15.6 Å². The maximum absolute atomic E-state index is 9.63. The molecule has 17 heteroatoms. The summed E-state index contributed by atoms with van der Waals surface area (Å²) >= 11 is 0. The Kier molecular flexibility index (Phi) is 10.8. The largest absolute Gasteiger partial charge is 0.478 e. The first-order valence-corrected chi connectivity index (χ1v) is 5.72. The molecule has 15 nitrogen and oxygen atoms in total. The predicted octanol–water partition coefficient (Wildman–Crippen LogP) is -1.51. The third-order valence-corrected chi connectivity index (χ3v) is 1.91. The minimum Gasteiger partial charge on any atom is -0.328 e. The summed E-state index contributed by atoms with van der Waals surface area (Å²) in [5.41, 5.74) is 0. The summed E-state index contributed by atoms with van der Waals surface area (Å²) in [6.07, 6.45) is 0. The zero-order valence-electron chi connectivity index (χ0n) is 7.33. The van der Waals surface area contributed by atoms with Crippen molar-refractivity contribution in [2.75, 3.05) is 0 Å². The molecule has 0 spiro atoms. The summed E-state index contributed by atoms with van der Waals surface area (Å²) < 4.78 is 22.2. The van der Waals surface area contributed by atoms with Crippen LogP contribution in [0.1, 0.15) is 0 Å². The van der Waals surface area contributed by atoms with Crippen molar-refractivity contribution in [3.63, 3.8) is 0 Å². The van der Waals surface area contributed by atoms with Gasteiger partial charge in [-0.2, -0.15) is 4.31 Å². The molecular formula is H6N2O13P2. The van der Waals surface area contributed by atoms with Crippen molar-refractivity contribution in [3.05, 3.63) is 20.2 Å². The van der Waals surface area contributed by atoms with E-state index in [-0.39, 0.29) is 0 Å². The molecule has 0 amide bonds. The number of hydrogen-bond acceptors (Lipinski definition) is 7. The van der Waals surface area contributed by atoms with E-state index < -0.39 is 25.8 Å². The van der Waals surface area contributed by atoms with E-state index in [1.165, 1.54) is 0 Å². The third-order valence-electron chi connectivity index (χ3n) is 0.213. The Morgan fingerprint density at radius 1 is 0.824 bits per heavy atom. The van der Waals surface area contributed by atoms with Crippen LogP contribution in [-0.4, -0.2) is 40.2 Å². The van der Waals surface area contributed by atoms with Gasteiger partial charge in [0.25, 0.3) is 10.2 Å². The SMILES string of the molecule is O=P(O)(O)OP(=O)(O)O.O=[N+]([O-])O.O=[N+]([O-])O. The summed E-state index contributed by atoms with van der Waals surface area (Å²) in [5, 5.41) is 27.3. The highest BCUT2D eigenvalue weighted by Crippen LogP contribution is 2.53. The highest BCUT2D eigenvalue weighted by atomic mass is 31.3. The van der Waals surface area contributed by atoms with Crippen LogP contribution in [0.15, 0.2) is 0 Å². The van der Waals surface area contributed by atoms with E-state index in [2.05, 4.69) is 4.31 Å². The quantitative estimate of drug-likeness (QED) is 0.193. The second-order valence-corrected chi connectivity index (χ2v) is 4.15. The monoisotopic (exact) mass is 304 g/mol. The van der Waals surface area contributed by atoms with Gasteiger partial charge >= 0.3 is 15.6 Å². The molecule has 0 saturated carbocycles. The molecule has 0 aliphatic carbocycles. The molecule has 0 saturated heterocycles. The molecule has 104 valence electrons. The number of rotatable bonds is 2. The fraction of sp³-hybridized carbons (Fsp3) is 0. The Labute approximate surface area is 90.6 Å². The van der Waals surface area contributed by atoms with Gasteiger partial charge in [0.1, 0.15) is 0 Å². The Hall–Kier alpha value is -1.34. The average Bonchev–Trinajstić information content (AvgIpc) is 1.70. The van der Waals surface area contributed by atoms with Gasteiger partial charge in [-0.25, -0.2) is 9.13 Å². The molecule has 0 bridgehead atoms. The lowest BCUT2D eigenvalue weighted by molar-refractivity contribution is -0.742. The molecule has 17 heavy (non-hydrogen) atoms. The van der Waals surface area contributed by atoms with Gasteiger partial charge in [-0.05, 0) is 0 Å². The Morgan fingerprint density at radius 2 is 0.941 bits per heavy atom. The third kappa shape index (κ3) is 108. The number of hydrogen-bond donors (Lipinski definition) is 6. The zero-order chi connectivity index (χ0) is 14.9. The molecule has 0 unspecified atom stereocenters. The summed E-state index contributed by atoms with van der Waals surface area (Å²) in [7, 11) is -10.1. The fourth-order valence-electron chi connectivity index (χ4n) is 0.139. The molecule has 0 rings (SSSR count). The van der Waals surface area contributed by atoms with Crippen LogP contribution in [0.3, 0.4) is 0 Å². The van der Waals surface area contributed by atoms with Crippen molar-refractivity contribution < 1.29 is 53.6 Å². The molecule has 0 aromatic heterocycles. The van der Waals surface area contributed by atoms with Crippen LogP contribution in [-0.2, 0) is 13.4 Å². The smallest absolute Gasteiger partial charge is 0.328 e. The van der Waals surface area contributed by atoms with E-state index in [1.54, 1.807) is 0 Å². The lowest BCUT2D eigenvalue weighted by Crippen LogP contribution is -1.84. The van der Waals surface area contributed by atoms with E-state index in [9.17, 15) is 9.13 Å². The van der Waals surface area contributed by atoms with E-state index in [4.69, 9.17) is 50.2 Å². The van der Waals surface area contributed by atoms with E-state index in [0.717, 1.165) is 0 Å². The van der Waals surface area contributed by atoms with Gasteiger partial charge in [-0.1, -0.05) is 0 Å². The number of nitrogens with zero attached hydrogens (tertiary/aromatic N) is 2. The van der Waals surface area contributed by atoms with Crippen molar-refractivity contribution in [2.45, 2.75) is 0 Å². The van der Waals surface area contributed by atoms with Gasteiger partial charge in [-0.3, -0.25) is 0 Å². The normalized spacial score (nSPS) is 10.1. The molecule has 0 atom stereocenters. The van der Waals surface area contributed by atoms with Crippen LogP contribution in [0, 0.1) is 20.2 Å². The molecule has 0 aromatic rings. The zero-order valence-corrected chi connectivity index (χ0v) is 9.12. The van der Waals surface area contributed by atoms with Crippen LogP contribution in [0.4, 0.5) is 0 Å². The van der Waals surface area contributed by atoms with E-state index in [0.29, 0.717) is 0 Å². The van der Waals surface area contributed by atoms with Crippen molar-refractivity contribution in [1.29, 1.82) is 0 Å². The molecule has 0 aromatic carbocycles. The molecule has 6 N–H and O–H groups in total. The van der Waals surface area contributed by atoms with Crippen molar-refractivity contribution in [3.8, 4) is 0 Å². The topological polar surface area (TPSA) is 251 Å². The first-order valence-electron chi connectivity index (χ1n) is 2.66. The van der Waals surface area contributed by atoms with E-state index >= 15 is 0 Å². The van der Waals surface area contributed by atoms with Gasteiger partial charge < -0.3 is 30.0 Å². The Balaban J connectivity index is -0.000000205. The summed E-state index contributed by atoms with van der Waals surface area (Å²) in [6.45, 7) is 0. The fourth-order valence-corrected chi connectivity index (χ4v) is 1.25. The second kappa shape index (κ2) is 8.77. The van der Waals surface area contributed by atoms with Crippen LogP contribution in [0.2, 0.25) is 0 Å². The standard InChI is InChI=1S/2HNO3.H4O7P2/c2*2-1(3)4;1-8(2,3)7-9(4,5)6/h2*(H,2,3,4);(H2,1,2,3)(H2,4,5,6). The first kappa shape index (κ1) is 21.0.